The number of hydrogen-bond donors (Lipinski definition) is 0. The van der Waals surface area contributed by atoms with Crippen LogP contribution in [0.4, 0.5) is 0 Å². The van der Waals surface area contributed by atoms with E-state index in [0.29, 0.717) is 0 Å². The summed E-state index contributed by atoms with van der Waals surface area (Å²) in [5.74, 6) is 0. The molecule has 1 rings (SSSR count). The Labute approximate surface area is 175 Å². The lowest BCUT2D eigenvalue weighted by molar-refractivity contribution is 0.534. The van der Waals surface area contributed by atoms with Crippen LogP contribution in [0.25, 0.3) is 0 Å². The molecule has 0 aromatic rings. The van der Waals surface area contributed by atoms with Crippen LogP contribution in [0, 0.1) is 0 Å². The van der Waals surface area contributed by atoms with Crippen LogP contribution in [0.15, 0.2) is 72.9 Å². The Morgan fingerprint density at radius 3 is 0.714 bits per heavy atom. The largest absolute Gasteiger partial charge is 0.0845 e. The van der Waals surface area contributed by atoms with Gasteiger partial charge in [0.15, 0.2) is 0 Å². The van der Waals surface area contributed by atoms with Crippen molar-refractivity contribution in [1.29, 1.82) is 0 Å². The number of hydrogen-bond acceptors (Lipinski definition) is 0. The molecule has 0 bridgehead atoms. The molecule has 0 aromatic carbocycles. The van der Waals surface area contributed by atoms with Crippen molar-refractivity contribution in [3.05, 3.63) is 72.9 Å². The fourth-order valence-corrected chi connectivity index (χ4v) is 3.51. The highest BCUT2D eigenvalue weighted by Crippen LogP contribution is 2.14. The highest BCUT2D eigenvalue weighted by molar-refractivity contribution is 5.19. The van der Waals surface area contributed by atoms with Gasteiger partial charge in [0, 0.05) is 0 Å². The fourth-order valence-electron chi connectivity index (χ4n) is 3.51. The molecule has 0 heteroatoms. The maximum absolute atomic E-state index is 2.30. The van der Waals surface area contributed by atoms with Gasteiger partial charge >= 0.3 is 0 Å². The van der Waals surface area contributed by atoms with Gasteiger partial charge in [-0.25, -0.2) is 0 Å². The molecule has 0 spiro atoms. The molecule has 0 radical (unpaired) electrons. The number of rotatable bonds is 0. The van der Waals surface area contributed by atoms with Gasteiger partial charge in [-0.1, -0.05) is 150 Å². The molecule has 0 amide bonds. The standard InChI is InChI=1S/C28H44/c1-2-4-6-8-10-12-14-16-18-20-22-24-26-28-27-25-23-21-19-17-15-13-11-9-7-5-3-1/h1-12H,13-28H2/b3-1-,4-2-,7-5-,8-6-,11-9-,12-10?. The minimum atomic E-state index is 1.21. The predicted molar refractivity (Wildman–Crippen MR) is 129 cm³/mol. The Bertz CT molecular complexity index is 438. The average molecular weight is 381 g/mol. The summed E-state index contributed by atoms with van der Waals surface area (Å²) >= 11 is 0. The van der Waals surface area contributed by atoms with Crippen LogP contribution in [0.5, 0.6) is 0 Å². The van der Waals surface area contributed by atoms with Crippen molar-refractivity contribution in [3.8, 4) is 0 Å². The fraction of sp³-hybridized carbons (Fsp3) is 0.571. The summed E-state index contributed by atoms with van der Waals surface area (Å²) in [7, 11) is 0. The third-order valence-corrected chi connectivity index (χ3v) is 5.26. The third-order valence-electron chi connectivity index (χ3n) is 5.26. The highest BCUT2D eigenvalue weighted by Gasteiger charge is 1.94. The van der Waals surface area contributed by atoms with Crippen LogP contribution in [0.1, 0.15) is 103 Å². The third kappa shape index (κ3) is 19.2. The summed E-state index contributed by atoms with van der Waals surface area (Å²) in [4.78, 5) is 0. The van der Waals surface area contributed by atoms with Crippen molar-refractivity contribution in [2.75, 3.05) is 0 Å². The lowest BCUT2D eigenvalue weighted by Gasteiger charge is -2.03. The van der Waals surface area contributed by atoms with Gasteiger partial charge in [0.2, 0.25) is 0 Å². The van der Waals surface area contributed by atoms with Crippen molar-refractivity contribution >= 4 is 0 Å². The molecule has 0 unspecified atom stereocenters. The minimum Gasteiger partial charge on any atom is -0.0845 e. The molecule has 0 aromatic heterocycles. The Hall–Kier alpha value is -1.56. The molecule has 28 heavy (non-hydrogen) atoms. The van der Waals surface area contributed by atoms with E-state index < -0.39 is 0 Å². The quantitative estimate of drug-likeness (QED) is 0.392. The van der Waals surface area contributed by atoms with Gasteiger partial charge in [0.25, 0.3) is 0 Å². The zero-order chi connectivity index (χ0) is 19.8. The molecular weight excluding hydrogens is 336 g/mol. The van der Waals surface area contributed by atoms with E-state index in [1.54, 1.807) is 0 Å². The van der Waals surface area contributed by atoms with E-state index in [0.717, 1.165) is 0 Å². The topological polar surface area (TPSA) is 0 Å². The van der Waals surface area contributed by atoms with E-state index in [9.17, 15) is 0 Å². The van der Waals surface area contributed by atoms with Gasteiger partial charge in [-0.05, 0) is 25.7 Å². The first-order chi connectivity index (χ1) is 14.0. The van der Waals surface area contributed by atoms with Crippen LogP contribution in [-0.4, -0.2) is 0 Å². The molecule has 0 saturated heterocycles. The van der Waals surface area contributed by atoms with Gasteiger partial charge in [-0.15, -0.1) is 0 Å². The van der Waals surface area contributed by atoms with E-state index >= 15 is 0 Å². The Morgan fingerprint density at radius 2 is 0.429 bits per heavy atom. The molecule has 0 nitrogen and oxygen atoms in total. The normalized spacial score (nSPS) is 26.3. The smallest absolute Gasteiger partial charge is 0.0348 e. The zero-order valence-corrected chi connectivity index (χ0v) is 18.2. The van der Waals surface area contributed by atoms with Gasteiger partial charge in [-0.2, -0.15) is 0 Å². The first-order valence-corrected chi connectivity index (χ1v) is 12.0. The summed E-state index contributed by atoms with van der Waals surface area (Å²) in [5.41, 5.74) is 0. The summed E-state index contributed by atoms with van der Waals surface area (Å²) in [6.07, 6.45) is 48.0. The molecule has 1 aliphatic carbocycles. The highest BCUT2D eigenvalue weighted by atomic mass is 14.0. The maximum Gasteiger partial charge on any atom is -0.0348 e. The van der Waals surface area contributed by atoms with Crippen LogP contribution >= 0.6 is 0 Å². The van der Waals surface area contributed by atoms with E-state index in [1.807, 2.05) is 0 Å². The van der Waals surface area contributed by atoms with Gasteiger partial charge < -0.3 is 0 Å². The van der Waals surface area contributed by atoms with Gasteiger partial charge in [0.1, 0.15) is 0 Å². The van der Waals surface area contributed by atoms with Crippen LogP contribution in [0.2, 0.25) is 0 Å². The molecule has 0 saturated carbocycles. The van der Waals surface area contributed by atoms with Crippen molar-refractivity contribution in [1.82, 2.24) is 0 Å². The van der Waals surface area contributed by atoms with E-state index in [1.165, 1.54) is 103 Å². The molecular formula is C28H44. The van der Waals surface area contributed by atoms with E-state index in [2.05, 4.69) is 72.9 Å². The molecule has 1 aliphatic rings. The molecule has 0 fully saturated rings. The van der Waals surface area contributed by atoms with Crippen molar-refractivity contribution in [3.63, 3.8) is 0 Å². The van der Waals surface area contributed by atoms with Crippen LogP contribution < -0.4 is 0 Å². The average Bonchev–Trinajstić information content (AvgIpc) is 2.71. The summed E-state index contributed by atoms with van der Waals surface area (Å²) in [5, 5.41) is 0. The summed E-state index contributed by atoms with van der Waals surface area (Å²) in [6.45, 7) is 0. The SMILES string of the molecule is C1=CCCCCCCCCCCCCCCCC\C=C/C=C\C=C/C=C\C=C/1. The second-order valence-corrected chi connectivity index (χ2v) is 7.92. The molecule has 0 aliphatic heterocycles. The lowest BCUT2D eigenvalue weighted by atomic mass is 10.0. The van der Waals surface area contributed by atoms with Crippen molar-refractivity contribution in [2.24, 2.45) is 0 Å². The molecule has 0 atom stereocenters. The second-order valence-electron chi connectivity index (χ2n) is 7.92. The monoisotopic (exact) mass is 380 g/mol. The Kier molecular flexibility index (Phi) is 19.0. The van der Waals surface area contributed by atoms with E-state index in [4.69, 9.17) is 0 Å². The van der Waals surface area contributed by atoms with Gasteiger partial charge in [0.05, 0.1) is 0 Å². The Balaban J connectivity index is 2.26. The number of allylic oxidation sites excluding steroid dienone is 12. The Morgan fingerprint density at radius 1 is 0.214 bits per heavy atom. The summed E-state index contributed by atoms with van der Waals surface area (Å²) in [6, 6.07) is 0. The first kappa shape index (κ1) is 24.5. The lowest BCUT2D eigenvalue weighted by Crippen LogP contribution is -1.83. The van der Waals surface area contributed by atoms with Crippen LogP contribution in [0.3, 0.4) is 0 Å². The second kappa shape index (κ2) is 21.7. The minimum absolute atomic E-state index is 1.21. The summed E-state index contributed by atoms with van der Waals surface area (Å²) < 4.78 is 0. The molecule has 156 valence electrons. The van der Waals surface area contributed by atoms with Crippen molar-refractivity contribution < 1.29 is 0 Å². The maximum atomic E-state index is 2.30. The molecule has 0 heterocycles. The first-order valence-electron chi connectivity index (χ1n) is 12.0. The van der Waals surface area contributed by atoms with Crippen LogP contribution in [-0.2, 0) is 0 Å². The zero-order valence-electron chi connectivity index (χ0n) is 18.2. The van der Waals surface area contributed by atoms with Crippen molar-refractivity contribution in [2.45, 2.75) is 103 Å². The predicted octanol–water partition coefficient (Wildman–Crippen LogP) is 9.58. The van der Waals surface area contributed by atoms with E-state index in [-0.39, 0.29) is 0 Å². The van der Waals surface area contributed by atoms with Gasteiger partial charge in [-0.3, -0.25) is 0 Å². The molecule has 0 N–H and O–H groups in total.